The van der Waals surface area contributed by atoms with Gasteiger partial charge in [-0.3, -0.25) is 19.3 Å². The summed E-state index contributed by atoms with van der Waals surface area (Å²) in [6.07, 6.45) is 0.310. The third-order valence-corrected chi connectivity index (χ3v) is 7.47. The minimum atomic E-state index is -0.607. The van der Waals surface area contributed by atoms with Crippen LogP contribution < -0.4 is 0 Å². The molecule has 4 fully saturated rings. The smallest absolute Gasteiger partial charge is 0.261 e. The van der Waals surface area contributed by atoms with Gasteiger partial charge in [0.15, 0.2) is 6.10 Å². The third-order valence-electron chi connectivity index (χ3n) is 6.38. The van der Waals surface area contributed by atoms with E-state index in [0.717, 1.165) is 24.5 Å². The van der Waals surface area contributed by atoms with Crippen molar-refractivity contribution >= 4 is 23.6 Å². The number of thioether (sulfide) groups is 1. The average Bonchev–Trinajstić information content (AvgIpc) is 3.17. The van der Waals surface area contributed by atoms with Crippen molar-refractivity contribution in [3.05, 3.63) is 35.9 Å². The number of carbonyl (C=O) groups excluding carboxylic acids is 2. The Balaban J connectivity index is 1.60. The summed E-state index contributed by atoms with van der Waals surface area (Å²) < 4.78 is 0. The summed E-state index contributed by atoms with van der Waals surface area (Å²) in [5.74, 6) is 2.17. The molecule has 4 saturated heterocycles. The van der Waals surface area contributed by atoms with Gasteiger partial charge in [0.25, 0.3) is 5.91 Å². The highest BCUT2D eigenvalue weighted by Gasteiger charge is 2.72. The van der Waals surface area contributed by atoms with Crippen molar-refractivity contribution in [2.45, 2.75) is 24.0 Å². The van der Waals surface area contributed by atoms with Gasteiger partial charge in [0.2, 0.25) is 5.91 Å². The standard InChI is InChI=1S/C18H20N2O3S/c1-19-16(21)14-15(17(19)22)23-20-9-12(11-5-3-2-4-6-11)13-10-24-8-7-18(13,14)20/h2-6,12-15H,7-10H2,1H3/t12-,13-,14-,15+,18-/m0/s1. The topological polar surface area (TPSA) is 49.9 Å². The Morgan fingerprint density at radius 2 is 2.00 bits per heavy atom. The maximum absolute atomic E-state index is 12.8. The second-order valence-electron chi connectivity index (χ2n) is 7.24. The van der Waals surface area contributed by atoms with Gasteiger partial charge in [0.05, 0.1) is 11.5 Å². The maximum Gasteiger partial charge on any atom is 0.261 e. The number of carbonyl (C=O) groups is 2. The van der Waals surface area contributed by atoms with E-state index < -0.39 is 6.10 Å². The molecule has 6 heteroatoms. The van der Waals surface area contributed by atoms with Crippen LogP contribution in [0.15, 0.2) is 30.3 Å². The zero-order valence-corrected chi connectivity index (χ0v) is 14.4. The Kier molecular flexibility index (Phi) is 3.15. The van der Waals surface area contributed by atoms with Crippen molar-refractivity contribution in [2.75, 3.05) is 25.1 Å². The number of likely N-dealkylation sites (tertiary alicyclic amines) is 1. The average molecular weight is 344 g/mol. The molecule has 4 heterocycles. The molecule has 24 heavy (non-hydrogen) atoms. The number of likely N-dealkylation sites (N-methyl/N-ethyl adjacent to an activating group) is 1. The first-order chi connectivity index (χ1) is 11.6. The third kappa shape index (κ3) is 1.69. The Morgan fingerprint density at radius 1 is 1.21 bits per heavy atom. The predicted octanol–water partition coefficient (Wildman–Crippen LogP) is 1.51. The zero-order valence-electron chi connectivity index (χ0n) is 13.6. The first-order valence-corrected chi connectivity index (χ1v) is 9.68. The van der Waals surface area contributed by atoms with Crippen molar-refractivity contribution in [1.29, 1.82) is 0 Å². The zero-order chi connectivity index (χ0) is 16.5. The lowest BCUT2D eigenvalue weighted by molar-refractivity contribution is -0.186. The number of hydroxylamine groups is 2. The Bertz CT molecular complexity index is 711. The van der Waals surface area contributed by atoms with Crippen LogP contribution in [0.5, 0.6) is 0 Å². The molecule has 5 rings (SSSR count). The number of hydrogen-bond acceptors (Lipinski definition) is 5. The van der Waals surface area contributed by atoms with E-state index in [4.69, 9.17) is 4.84 Å². The molecular weight excluding hydrogens is 324 g/mol. The van der Waals surface area contributed by atoms with Crippen molar-refractivity contribution in [3.63, 3.8) is 0 Å². The molecule has 4 aliphatic rings. The molecule has 0 aromatic heterocycles. The molecule has 1 aromatic rings. The van der Waals surface area contributed by atoms with Gasteiger partial charge < -0.3 is 0 Å². The van der Waals surface area contributed by atoms with Gasteiger partial charge in [-0.2, -0.15) is 16.8 Å². The van der Waals surface area contributed by atoms with E-state index in [-0.39, 0.29) is 23.3 Å². The van der Waals surface area contributed by atoms with Crippen molar-refractivity contribution in [3.8, 4) is 0 Å². The Morgan fingerprint density at radius 3 is 2.79 bits per heavy atom. The predicted molar refractivity (Wildman–Crippen MR) is 90.2 cm³/mol. The van der Waals surface area contributed by atoms with Crippen LogP contribution in [0.25, 0.3) is 0 Å². The summed E-state index contributed by atoms with van der Waals surface area (Å²) in [6, 6.07) is 10.5. The monoisotopic (exact) mass is 344 g/mol. The van der Waals surface area contributed by atoms with Gasteiger partial charge in [-0.15, -0.1) is 0 Å². The van der Waals surface area contributed by atoms with E-state index >= 15 is 0 Å². The molecule has 126 valence electrons. The molecule has 0 N–H and O–H groups in total. The first-order valence-electron chi connectivity index (χ1n) is 8.53. The molecule has 0 bridgehead atoms. The Labute approximate surface area is 145 Å². The van der Waals surface area contributed by atoms with Gasteiger partial charge in [-0.25, -0.2) is 0 Å². The second kappa shape index (κ2) is 5.07. The van der Waals surface area contributed by atoms with Crippen LogP contribution in [-0.4, -0.2) is 58.5 Å². The lowest BCUT2D eigenvalue weighted by atomic mass is 9.69. The van der Waals surface area contributed by atoms with Crippen LogP contribution in [0, 0.1) is 11.8 Å². The highest BCUT2D eigenvalue weighted by Crippen LogP contribution is 2.59. The molecule has 5 nitrogen and oxygen atoms in total. The van der Waals surface area contributed by atoms with Crippen LogP contribution in [0.4, 0.5) is 0 Å². The van der Waals surface area contributed by atoms with E-state index in [1.165, 1.54) is 10.5 Å². The number of fused-ring (bicyclic) bond motifs is 1. The molecule has 1 spiro atoms. The SMILES string of the molecule is CN1C(=O)[C@@H]2[C@@H](ON3C[C@@H](c4ccccc4)[C@@H]4CSCC[C@@]243)C1=O. The molecule has 2 amide bonds. The van der Waals surface area contributed by atoms with E-state index in [1.54, 1.807) is 7.05 Å². The normalized spacial score (nSPS) is 41.5. The first kappa shape index (κ1) is 14.9. The molecular formula is C18H20N2O3S. The highest BCUT2D eigenvalue weighted by molar-refractivity contribution is 7.99. The van der Waals surface area contributed by atoms with E-state index in [2.05, 4.69) is 24.3 Å². The van der Waals surface area contributed by atoms with E-state index in [9.17, 15) is 9.59 Å². The number of benzene rings is 1. The lowest BCUT2D eigenvalue weighted by Gasteiger charge is -2.42. The minimum absolute atomic E-state index is 0.0573. The van der Waals surface area contributed by atoms with Gasteiger partial charge in [-0.1, -0.05) is 30.3 Å². The largest absolute Gasteiger partial charge is 0.284 e. The number of amides is 2. The molecule has 4 aliphatic heterocycles. The summed E-state index contributed by atoms with van der Waals surface area (Å²) in [5.41, 5.74) is 0.998. The number of nitrogens with zero attached hydrogens (tertiary/aromatic N) is 2. The van der Waals surface area contributed by atoms with Gasteiger partial charge in [0.1, 0.15) is 0 Å². The molecule has 0 aliphatic carbocycles. The fourth-order valence-corrected chi connectivity index (χ4v) is 6.66. The summed E-state index contributed by atoms with van der Waals surface area (Å²) in [4.78, 5) is 32.6. The lowest BCUT2D eigenvalue weighted by Crippen LogP contribution is -2.54. The molecule has 0 saturated carbocycles. The second-order valence-corrected chi connectivity index (χ2v) is 8.39. The number of imide groups is 1. The summed E-state index contributed by atoms with van der Waals surface area (Å²) in [6.45, 7) is 0.770. The molecule has 1 aromatic carbocycles. The van der Waals surface area contributed by atoms with Crippen LogP contribution in [0.1, 0.15) is 17.9 Å². The number of rotatable bonds is 1. The summed E-state index contributed by atoms with van der Waals surface area (Å²) in [5, 5.41) is 2.02. The van der Waals surface area contributed by atoms with Crippen LogP contribution >= 0.6 is 11.8 Å². The fraction of sp³-hybridized carbons (Fsp3) is 0.556. The maximum atomic E-state index is 12.8. The van der Waals surface area contributed by atoms with Crippen LogP contribution in [0.3, 0.4) is 0 Å². The van der Waals surface area contributed by atoms with Gasteiger partial charge in [0, 0.05) is 19.5 Å². The molecule has 0 unspecified atom stereocenters. The van der Waals surface area contributed by atoms with Crippen LogP contribution in [0.2, 0.25) is 0 Å². The van der Waals surface area contributed by atoms with Gasteiger partial charge >= 0.3 is 0 Å². The highest BCUT2D eigenvalue weighted by atomic mass is 32.2. The van der Waals surface area contributed by atoms with Crippen molar-refractivity contribution < 1.29 is 14.4 Å². The number of hydrogen-bond donors (Lipinski definition) is 0. The van der Waals surface area contributed by atoms with E-state index in [0.29, 0.717) is 11.8 Å². The van der Waals surface area contributed by atoms with Crippen molar-refractivity contribution in [2.24, 2.45) is 11.8 Å². The Hall–Kier alpha value is -1.37. The van der Waals surface area contributed by atoms with E-state index in [1.807, 2.05) is 22.9 Å². The summed E-state index contributed by atoms with van der Waals surface area (Å²) >= 11 is 1.96. The fourth-order valence-electron chi connectivity index (χ4n) is 5.25. The quantitative estimate of drug-likeness (QED) is 0.723. The molecule has 0 radical (unpaired) electrons. The molecule has 5 atom stereocenters. The van der Waals surface area contributed by atoms with Crippen LogP contribution in [-0.2, 0) is 14.4 Å². The van der Waals surface area contributed by atoms with Gasteiger partial charge in [-0.05, 0) is 29.4 Å². The minimum Gasteiger partial charge on any atom is -0.284 e. The van der Waals surface area contributed by atoms with Crippen molar-refractivity contribution in [1.82, 2.24) is 9.96 Å². The summed E-state index contributed by atoms with van der Waals surface area (Å²) in [7, 11) is 1.59.